The molecule has 7 heteroatoms. The molecule has 2 heterocycles. The van der Waals surface area contributed by atoms with Crippen molar-refractivity contribution in [2.45, 2.75) is 13.5 Å². The van der Waals surface area contributed by atoms with Gasteiger partial charge in [-0.05, 0) is 36.2 Å². The van der Waals surface area contributed by atoms with Crippen LogP contribution in [0.5, 0.6) is 0 Å². The number of pyridine rings is 1. The van der Waals surface area contributed by atoms with Crippen molar-refractivity contribution in [3.8, 4) is 0 Å². The summed E-state index contributed by atoms with van der Waals surface area (Å²) in [5.41, 5.74) is 4.16. The van der Waals surface area contributed by atoms with Gasteiger partial charge in [-0.15, -0.1) is 11.8 Å². The van der Waals surface area contributed by atoms with Crippen molar-refractivity contribution >= 4 is 40.2 Å². The van der Waals surface area contributed by atoms with Gasteiger partial charge in [-0.2, -0.15) is 0 Å². The highest BCUT2D eigenvalue weighted by Crippen LogP contribution is 2.19. The fourth-order valence-electron chi connectivity index (χ4n) is 3.93. The number of thioether (sulfide) groups is 1. The van der Waals surface area contributed by atoms with E-state index < -0.39 is 0 Å². The van der Waals surface area contributed by atoms with Crippen LogP contribution in [-0.2, 0) is 16.1 Å². The second-order valence-corrected chi connectivity index (χ2v) is 9.05. The zero-order valence-electron chi connectivity index (χ0n) is 18.3. The molecular formula is C25H28N4O2S. The molecule has 0 radical (unpaired) electrons. The van der Waals surface area contributed by atoms with Crippen LogP contribution in [-0.4, -0.2) is 64.3 Å². The number of anilines is 1. The Kier molecular flexibility index (Phi) is 7.39. The van der Waals surface area contributed by atoms with Crippen LogP contribution in [0.4, 0.5) is 5.69 Å². The number of aryl methyl sites for hydroxylation is 1. The molecule has 0 unspecified atom stereocenters. The first kappa shape index (κ1) is 22.3. The van der Waals surface area contributed by atoms with Crippen LogP contribution >= 0.6 is 11.8 Å². The minimum Gasteiger partial charge on any atom is -0.339 e. The number of fused-ring (bicyclic) bond motifs is 1. The lowest BCUT2D eigenvalue weighted by Gasteiger charge is -2.34. The van der Waals surface area contributed by atoms with Gasteiger partial charge in [0.25, 0.3) is 0 Å². The maximum atomic E-state index is 12.6. The third kappa shape index (κ3) is 5.87. The van der Waals surface area contributed by atoms with Crippen LogP contribution in [0.2, 0.25) is 0 Å². The van der Waals surface area contributed by atoms with Crippen molar-refractivity contribution < 1.29 is 9.59 Å². The Hall–Kier alpha value is -2.90. The van der Waals surface area contributed by atoms with Crippen LogP contribution in [0, 0.1) is 6.92 Å². The highest BCUT2D eigenvalue weighted by Gasteiger charge is 2.21. The first-order chi connectivity index (χ1) is 15.6. The number of carbonyl (C=O) groups excluding carboxylic acids is 2. The fourth-order valence-corrected chi connectivity index (χ4v) is 4.65. The van der Waals surface area contributed by atoms with Gasteiger partial charge in [0.1, 0.15) is 0 Å². The lowest BCUT2D eigenvalue weighted by molar-refractivity contribution is -0.130. The Morgan fingerprint density at radius 2 is 1.78 bits per heavy atom. The molecule has 166 valence electrons. The molecule has 0 atom stereocenters. The molecule has 0 bridgehead atoms. The summed E-state index contributed by atoms with van der Waals surface area (Å²) in [6.45, 7) is 5.94. The largest absolute Gasteiger partial charge is 0.339 e. The summed E-state index contributed by atoms with van der Waals surface area (Å²) in [6, 6.07) is 18.0. The monoisotopic (exact) mass is 448 g/mol. The molecule has 0 saturated carbocycles. The van der Waals surface area contributed by atoms with E-state index in [2.05, 4.69) is 39.5 Å². The van der Waals surface area contributed by atoms with E-state index in [1.807, 2.05) is 48.4 Å². The molecule has 6 nitrogen and oxygen atoms in total. The smallest absolute Gasteiger partial charge is 0.234 e. The minimum absolute atomic E-state index is 0.0816. The standard InChI is InChI=1S/C25H28N4O2S/c1-19-5-2-9-22(15-19)27-23(30)17-32-18-24(31)29-13-11-28(12-14-29)16-21-7-3-6-20-8-4-10-26-25(20)21/h2-10,15H,11-14,16-18H2,1H3,(H,27,30). The van der Waals surface area contributed by atoms with Gasteiger partial charge in [0, 0.05) is 50.0 Å². The SMILES string of the molecule is Cc1cccc(NC(=O)CSCC(=O)N2CCN(Cc3cccc4cccnc34)CC2)c1. The Morgan fingerprint density at radius 1 is 1.00 bits per heavy atom. The van der Waals surface area contributed by atoms with Gasteiger partial charge in [-0.3, -0.25) is 19.5 Å². The first-order valence-corrected chi connectivity index (χ1v) is 12.0. The number of hydrogen-bond acceptors (Lipinski definition) is 5. The van der Waals surface area contributed by atoms with Gasteiger partial charge in [0.2, 0.25) is 11.8 Å². The molecule has 32 heavy (non-hydrogen) atoms. The van der Waals surface area contributed by atoms with E-state index in [-0.39, 0.29) is 17.6 Å². The van der Waals surface area contributed by atoms with Crippen molar-refractivity contribution in [3.63, 3.8) is 0 Å². The van der Waals surface area contributed by atoms with Crippen LogP contribution in [0.15, 0.2) is 60.8 Å². The lowest BCUT2D eigenvalue weighted by Crippen LogP contribution is -2.48. The number of rotatable bonds is 7. The van der Waals surface area contributed by atoms with Crippen molar-refractivity contribution in [2.24, 2.45) is 0 Å². The Balaban J connectivity index is 1.19. The summed E-state index contributed by atoms with van der Waals surface area (Å²) in [5, 5.41) is 4.04. The van der Waals surface area contributed by atoms with Gasteiger partial charge in [0.15, 0.2) is 0 Å². The highest BCUT2D eigenvalue weighted by atomic mass is 32.2. The lowest BCUT2D eigenvalue weighted by atomic mass is 10.1. The second-order valence-electron chi connectivity index (χ2n) is 8.06. The average Bonchev–Trinajstić information content (AvgIpc) is 2.80. The van der Waals surface area contributed by atoms with E-state index in [0.717, 1.165) is 41.8 Å². The third-order valence-corrected chi connectivity index (χ3v) is 6.51. The molecule has 1 aliphatic rings. The summed E-state index contributed by atoms with van der Waals surface area (Å²) in [6.07, 6.45) is 1.83. The fraction of sp³-hybridized carbons (Fsp3) is 0.320. The predicted octanol–water partition coefficient (Wildman–Crippen LogP) is 3.56. The molecule has 1 aliphatic heterocycles. The zero-order chi connectivity index (χ0) is 22.3. The third-order valence-electron chi connectivity index (χ3n) is 5.60. The molecule has 3 aromatic rings. The van der Waals surface area contributed by atoms with Gasteiger partial charge in [-0.1, -0.05) is 36.4 Å². The Bertz CT molecular complexity index is 1090. The number of nitrogens with zero attached hydrogens (tertiary/aromatic N) is 3. The maximum Gasteiger partial charge on any atom is 0.234 e. The number of para-hydroxylation sites is 1. The van der Waals surface area contributed by atoms with E-state index in [9.17, 15) is 9.59 Å². The van der Waals surface area contributed by atoms with Gasteiger partial charge < -0.3 is 10.2 Å². The summed E-state index contributed by atoms with van der Waals surface area (Å²) in [4.78, 5) is 33.5. The number of aromatic nitrogens is 1. The molecule has 1 saturated heterocycles. The molecule has 1 N–H and O–H groups in total. The summed E-state index contributed by atoms with van der Waals surface area (Å²) in [5.74, 6) is 0.620. The van der Waals surface area contributed by atoms with E-state index in [1.54, 1.807) is 0 Å². The second kappa shape index (κ2) is 10.6. The molecule has 1 aromatic heterocycles. The van der Waals surface area contributed by atoms with Gasteiger partial charge >= 0.3 is 0 Å². The average molecular weight is 449 g/mol. The van der Waals surface area contributed by atoms with Crippen LogP contribution in [0.25, 0.3) is 10.9 Å². The molecule has 1 fully saturated rings. The van der Waals surface area contributed by atoms with E-state index in [1.165, 1.54) is 17.3 Å². The number of hydrogen-bond donors (Lipinski definition) is 1. The number of carbonyl (C=O) groups is 2. The molecule has 4 rings (SSSR count). The molecule has 2 amide bonds. The van der Waals surface area contributed by atoms with E-state index in [4.69, 9.17) is 0 Å². The number of nitrogens with one attached hydrogen (secondary N) is 1. The van der Waals surface area contributed by atoms with Crippen molar-refractivity contribution in [1.82, 2.24) is 14.8 Å². The highest BCUT2D eigenvalue weighted by molar-refractivity contribution is 8.00. The van der Waals surface area contributed by atoms with E-state index in [0.29, 0.717) is 18.8 Å². The van der Waals surface area contributed by atoms with Crippen molar-refractivity contribution in [2.75, 3.05) is 43.0 Å². The molecule has 0 aliphatic carbocycles. The zero-order valence-corrected chi connectivity index (χ0v) is 19.1. The van der Waals surface area contributed by atoms with Crippen molar-refractivity contribution in [1.29, 1.82) is 0 Å². The Labute approximate surface area is 193 Å². The quantitative estimate of drug-likeness (QED) is 0.599. The minimum atomic E-state index is -0.0816. The summed E-state index contributed by atoms with van der Waals surface area (Å²) >= 11 is 1.37. The molecular weight excluding hydrogens is 420 g/mol. The number of piperazine rings is 1. The van der Waals surface area contributed by atoms with Crippen LogP contribution in [0.1, 0.15) is 11.1 Å². The van der Waals surface area contributed by atoms with E-state index >= 15 is 0 Å². The topological polar surface area (TPSA) is 65.5 Å². The molecule has 0 spiro atoms. The Morgan fingerprint density at radius 3 is 2.59 bits per heavy atom. The van der Waals surface area contributed by atoms with Gasteiger partial charge in [-0.25, -0.2) is 0 Å². The summed E-state index contributed by atoms with van der Waals surface area (Å²) < 4.78 is 0. The number of amides is 2. The summed E-state index contributed by atoms with van der Waals surface area (Å²) in [7, 11) is 0. The molecule has 2 aromatic carbocycles. The maximum absolute atomic E-state index is 12.6. The predicted molar refractivity (Wildman–Crippen MR) is 131 cm³/mol. The van der Waals surface area contributed by atoms with Crippen molar-refractivity contribution in [3.05, 3.63) is 71.9 Å². The van der Waals surface area contributed by atoms with Crippen LogP contribution in [0.3, 0.4) is 0 Å². The van der Waals surface area contributed by atoms with Crippen LogP contribution < -0.4 is 5.32 Å². The number of benzene rings is 2. The van der Waals surface area contributed by atoms with Gasteiger partial charge in [0.05, 0.1) is 17.0 Å². The first-order valence-electron chi connectivity index (χ1n) is 10.9. The normalized spacial score (nSPS) is 14.5.